The van der Waals surface area contributed by atoms with Crippen LogP contribution in [0, 0.1) is 5.92 Å². The van der Waals surface area contributed by atoms with Crippen molar-refractivity contribution in [2.75, 3.05) is 32.8 Å². The van der Waals surface area contributed by atoms with E-state index in [1.807, 2.05) is 0 Å². The van der Waals surface area contributed by atoms with E-state index in [0.717, 1.165) is 25.6 Å². The summed E-state index contributed by atoms with van der Waals surface area (Å²) in [6.07, 6.45) is 7.85. The Bertz CT molecular complexity index is 193. The van der Waals surface area contributed by atoms with E-state index in [1.165, 1.54) is 45.1 Å². The minimum absolute atomic E-state index is 0.289. The molecule has 0 bridgehead atoms. The smallest absolute Gasteiger partial charge is 0.0558 e. The highest BCUT2D eigenvalue weighted by Crippen LogP contribution is 2.15. The third-order valence-corrected chi connectivity index (χ3v) is 4.12. The molecule has 3 nitrogen and oxygen atoms in total. The lowest BCUT2D eigenvalue weighted by Crippen LogP contribution is -2.41. The van der Waals surface area contributed by atoms with Crippen molar-refractivity contribution in [3.8, 4) is 0 Å². The molecule has 0 saturated carbocycles. The van der Waals surface area contributed by atoms with Crippen LogP contribution in [-0.2, 0) is 0 Å². The van der Waals surface area contributed by atoms with E-state index < -0.39 is 0 Å². The number of unbranched alkanes of at least 4 members (excludes halogenated alkanes) is 1. The Balaban J connectivity index is 2.33. The Morgan fingerprint density at radius 1 is 1.39 bits per heavy atom. The van der Waals surface area contributed by atoms with E-state index in [2.05, 4.69) is 24.1 Å². The highest BCUT2D eigenvalue weighted by molar-refractivity contribution is 4.79. The maximum absolute atomic E-state index is 9.21. The van der Waals surface area contributed by atoms with Gasteiger partial charge in [-0.3, -0.25) is 4.90 Å². The second-order valence-electron chi connectivity index (χ2n) is 5.69. The van der Waals surface area contributed by atoms with Gasteiger partial charge in [0.15, 0.2) is 0 Å². The van der Waals surface area contributed by atoms with E-state index in [9.17, 15) is 5.11 Å². The summed E-state index contributed by atoms with van der Waals surface area (Å²) in [5, 5.41) is 12.8. The third-order valence-electron chi connectivity index (χ3n) is 4.12. The third kappa shape index (κ3) is 6.17. The number of aliphatic hydroxyl groups is 1. The normalized spacial score (nSPS) is 21.7. The molecular weight excluding hydrogens is 224 g/mol. The predicted molar refractivity (Wildman–Crippen MR) is 77.9 cm³/mol. The van der Waals surface area contributed by atoms with E-state index in [0.29, 0.717) is 6.04 Å². The summed E-state index contributed by atoms with van der Waals surface area (Å²) < 4.78 is 0. The van der Waals surface area contributed by atoms with Crippen molar-refractivity contribution in [2.45, 2.75) is 58.4 Å². The van der Waals surface area contributed by atoms with Gasteiger partial charge < -0.3 is 10.4 Å². The van der Waals surface area contributed by atoms with Gasteiger partial charge in [0, 0.05) is 25.7 Å². The van der Waals surface area contributed by atoms with Gasteiger partial charge in [0.2, 0.25) is 0 Å². The van der Waals surface area contributed by atoms with Crippen molar-refractivity contribution in [3.05, 3.63) is 0 Å². The first-order valence-electron chi connectivity index (χ1n) is 7.86. The molecule has 0 radical (unpaired) electrons. The minimum atomic E-state index is 0.289. The van der Waals surface area contributed by atoms with Crippen molar-refractivity contribution in [1.29, 1.82) is 0 Å². The monoisotopic (exact) mass is 256 g/mol. The average Bonchev–Trinajstić information content (AvgIpc) is 2.87. The van der Waals surface area contributed by atoms with Crippen LogP contribution in [0.5, 0.6) is 0 Å². The van der Waals surface area contributed by atoms with E-state index >= 15 is 0 Å². The number of aliphatic hydroxyl groups excluding tert-OH is 1. The van der Waals surface area contributed by atoms with Gasteiger partial charge >= 0.3 is 0 Å². The molecular formula is C15H32N2O. The molecule has 18 heavy (non-hydrogen) atoms. The molecule has 1 heterocycles. The fraction of sp³-hybridized carbons (Fsp3) is 1.00. The average molecular weight is 256 g/mol. The molecule has 0 aromatic rings. The Labute approximate surface area is 113 Å². The molecule has 2 N–H and O–H groups in total. The second kappa shape index (κ2) is 9.76. The number of hydrogen-bond acceptors (Lipinski definition) is 3. The highest BCUT2D eigenvalue weighted by Gasteiger charge is 2.19. The maximum atomic E-state index is 9.21. The van der Waals surface area contributed by atoms with Crippen molar-refractivity contribution < 1.29 is 5.11 Å². The lowest BCUT2D eigenvalue weighted by molar-refractivity contribution is 0.159. The van der Waals surface area contributed by atoms with Crippen molar-refractivity contribution >= 4 is 0 Å². The Morgan fingerprint density at radius 3 is 2.78 bits per heavy atom. The molecule has 0 aliphatic carbocycles. The Kier molecular flexibility index (Phi) is 8.64. The standard InChI is InChI=1S/C15H32N2O/c1-3-5-7-14(4-2)12-17(10-11-18)13-15-8-6-9-16-15/h14-16,18H,3-13H2,1-2H3. The largest absolute Gasteiger partial charge is 0.395 e. The molecule has 3 heteroatoms. The molecule has 1 aliphatic rings. The van der Waals surface area contributed by atoms with Gasteiger partial charge in [-0.2, -0.15) is 0 Å². The SMILES string of the molecule is CCCCC(CC)CN(CCO)CC1CCCN1. The summed E-state index contributed by atoms with van der Waals surface area (Å²) in [6.45, 7) is 9.13. The van der Waals surface area contributed by atoms with Gasteiger partial charge in [0.1, 0.15) is 0 Å². The van der Waals surface area contributed by atoms with E-state index in [-0.39, 0.29) is 6.61 Å². The summed E-state index contributed by atoms with van der Waals surface area (Å²) in [5.74, 6) is 0.804. The number of rotatable bonds is 10. The van der Waals surface area contributed by atoms with Crippen LogP contribution in [0.25, 0.3) is 0 Å². The fourth-order valence-electron chi connectivity index (χ4n) is 2.91. The molecule has 1 aliphatic heterocycles. The lowest BCUT2D eigenvalue weighted by Gasteiger charge is -2.28. The maximum Gasteiger partial charge on any atom is 0.0558 e. The number of nitrogens with zero attached hydrogens (tertiary/aromatic N) is 1. The summed E-state index contributed by atoms with van der Waals surface area (Å²) in [4.78, 5) is 2.47. The van der Waals surface area contributed by atoms with Crippen LogP contribution in [0.3, 0.4) is 0 Å². The number of nitrogens with one attached hydrogen (secondary N) is 1. The first kappa shape index (κ1) is 15.9. The zero-order valence-corrected chi connectivity index (χ0v) is 12.3. The van der Waals surface area contributed by atoms with Crippen LogP contribution >= 0.6 is 0 Å². The molecule has 0 aromatic carbocycles. The summed E-state index contributed by atoms with van der Waals surface area (Å²) in [7, 11) is 0. The summed E-state index contributed by atoms with van der Waals surface area (Å²) >= 11 is 0. The molecule has 1 rings (SSSR count). The lowest BCUT2D eigenvalue weighted by atomic mass is 9.98. The molecule has 1 saturated heterocycles. The molecule has 0 amide bonds. The molecule has 2 unspecified atom stereocenters. The molecule has 108 valence electrons. The van der Waals surface area contributed by atoms with Crippen LogP contribution in [0.15, 0.2) is 0 Å². The van der Waals surface area contributed by atoms with Crippen LogP contribution in [0.2, 0.25) is 0 Å². The van der Waals surface area contributed by atoms with Crippen LogP contribution in [0.4, 0.5) is 0 Å². The van der Waals surface area contributed by atoms with Gasteiger partial charge in [0.25, 0.3) is 0 Å². The van der Waals surface area contributed by atoms with E-state index in [1.54, 1.807) is 0 Å². The summed E-state index contributed by atoms with van der Waals surface area (Å²) in [5.41, 5.74) is 0. The van der Waals surface area contributed by atoms with Gasteiger partial charge in [-0.05, 0) is 31.7 Å². The van der Waals surface area contributed by atoms with Crippen molar-refractivity contribution in [2.24, 2.45) is 5.92 Å². The van der Waals surface area contributed by atoms with E-state index in [4.69, 9.17) is 0 Å². The topological polar surface area (TPSA) is 35.5 Å². The molecule has 1 fully saturated rings. The fourth-order valence-corrected chi connectivity index (χ4v) is 2.91. The first-order valence-corrected chi connectivity index (χ1v) is 7.86. The quantitative estimate of drug-likeness (QED) is 0.629. The van der Waals surface area contributed by atoms with Gasteiger partial charge in [-0.15, -0.1) is 0 Å². The Morgan fingerprint density at radius 2 is 2.22 bits per heavy atom. The van der Waals surface area contributed by atoms with Crippen LogP contribution in [-0.4, -0.2) is 48.8 Å². The van der Waals surface area contributed by atoms with Crippen LogP contribution < -0.4 is 5.32 Å². The summed E-state index contributed by atoms with van der Waals surface area (Å²) in [6, 6.07) is 0.653. The van der Waals surface area contributed by atoms with Gasteiger partial charge in [-0.25, -0.2) is 0 Å². The molecule has 2 atom stereocenters. The predicted octanol–water partition coefficient (Wildman–Crippen LogP) is 2.25. The minimum Gasteiger partial charge on any atom is -0.395 e. The Hall–Kier alpha value is -0.120. The number of hydrogen-bond donors (Lipinski definition) is 2. The van der Waals surface area contributed by atoms with Gasteiger partial charge in [0.05, 0.1) is 6.61 Å². The first-order chi connectivity index (χ1) is 8.80. The van der Waals surface area contributed by atoms with Crippen molar-refractivity contribution in [1.82, 2.24) is 10.2 Å². The molecule has 0 aromatic heterocycles. The second-order valence-corrected chi connectivity index (χ2v) is 5.69. The van der Waals surface area contributed by atoms with Gasteiger partial charge in [-0.1, -0.05) is 33.1 Å². The zero-order chi connectivity index (χ0) is 13.2. The van der Waals surface area contributed by atoms with Crippen molar-refractivity contribution in [3.63, 3.8) is 0 Å². The molecule has 0 spiro atoms. The zero-order valence-electron chi connectivity index (χ0n) is 12.3. The van der Waals surface area contributed by atoms with Crippen LogP contribution in [0.1, 0.15) is 52.4 Å². The highest BCUT2D eigenvalue weighted by atomic mass is 16.3.